The maximum Gasteiger partial charge on any atom is 0.255 e. The number of aromatic nitrogens is 1. The van der Waals surface area contributed by atoms with Gasteiger partial charge in [0.25, 0.3) is 5.91 Å². The summed E-state index contributed by atoms with van der Waals surface area (Å²) in [7, 11) is -1.97. The Morgan fingerprint density at radius 1 is 1.21 bits per heavy atom. The summed E-state index contributed by atoms with van der Waals surface area (Å²) in [5, 5.41) is 3.30. The van der Waals surface area contributed by atoms with E-state index in [1.165, 1.54) is 0 Å². The van der Waals surface area contributed by atoms with E-state index in [2.05, 4.69) is 21.9 Å². The van der Waals surface area contributed by atoms with Crippen molar-refractivity contribution in [1.29, 1.82) is 0 Å². The molecule has 1 aromatic carbocycles. The molecule has 0 saturated heterocycles. The van der Waals surface area contributed by atoms with Gasteiger partial charge in [0.1, 0.15) is 11.5 Å². The van der Waals surface area contributed by atoms with Crippen LogP contribution in [-0.4, -0.2) is 32.9 Å². The van der Waals surface area contributed by atoms with Gasteiger partial charge in [-0.2, -0.15) is 0 Å². The van der Waals surface area contributed by atoms with Gasteiger partial charge in [-0.25, -0.2) is 18.1 Å². The van der Waals surface area contributed by atoms with Crippen molar-refractivity contribution >= 4 is 27.0 Å². The van der Waals surface area contributed by atoms with Crippen LogP contribution in [0.25, 0.3) is 22.4 Å². The molecule has 2 N–H and O–H groups in total. The van der Waals surface area contributed by atoms with Crippen LogP contribution in [0.15, 0.2) is 34.7 Å². The van der Waals surface area contributed by atoms with Crippen molar-refractivity contribution < 1.29 is 17.6 Å². The maximum atomic E-state index is 12.8. The molecule has 2 aromatic heterocycles. The van der Waals surface area contributed by atoms with Crippen LogP contribution in [0.4, 0.5) is 0 Å². The highest BCUT2D eigenvalue weighted by atomic mass is 32.2. The Labute approximate surface area is 195 Å². The molecule has 1 aliphatic rings. The minimum Gasteiger partial charge on any atom is -0.437 e. The number of benzene rings is 1. The number of unbranched alkanes of at least 4 members (excludes halogenated alkanes) is 2. The first-order valence-electron chi connectivity index (χ1n) is 11.3. The van der Waals surface area contributed by atoms with Gasteiger partial charge in [0.2, 0.25) is 15.7 Å². The summed E-state index contributed by atoms with van der Waals surface area (Å²) in [6.45, 7) is 6.16. The molecule has 4 rings (SSSR count). The zero-order valence-electron chi connectivity index (χ0n) is 19.1. The van der Waals surface area contributed by atoms with Crippen molar-refractivity contribution in [3.05, 3.63) is 59.6 Å². The molecule has 0 bridgehead atoms. The summed E-state index contributed by atoms with van der Waals surface area (Å²) in [4.78, 5) is 17.5. The second-order valence-corrected chi connectivity index (χ2v) is 10.4. The molecule has 2 heterocycles. The van der Waals surface area contributed by atoms with E-state index < -0.39 is 10.0 Å². The molecule has 0 atom stereocenters. The number of hydrogen-bond donors (Lipinski definition) is 2. The largest absolute Gasteiger partial charge is 0.437 e. The molecule has 0 spiro atoms. The van der Waals surface area contributed by atoms with Crippen LogP contribution in [0, 0.1) is 13.8 Å². The molecule has 8 heteroatoms. The average Bonchev–Trinajstić information content (AvgIpc) is 3.56. The lowest BCUT2D eigenvalue weighted by Crippen LogP contribution is -2.27. The van der Waals surface area contributed by atoms with Crippen molar-refractivity contribution in [2.45, 2.75) is 50.7 Å². The first kappa shape index (κ1) is 23.4. The predicted molar refractivity (Wildman–Crippen MR) is 129 cm³/mol. The molecule has 0 unspecified atom stereocenters. The van der Waals surface area contributed by atoms with Gasteiger partial charge in [-0.3, -0.25) is 4.79 Å². The quantitative estimate of drug-likeness (QED) is 0.428. The number of rotatable bonds is 10. The van der Waals surface area contributed by atoms with Crippen LogP contribution in [0.2, 0.25) is 0 Å². The molecule has 175 valence electrons. The third-order valence-electron chi connectivity index (χ3n) is 5.91. The van der Waals surface area contributed by atoms with E-state index in [-0.39, 0.29) is 23.3 Å². The minimum atomic E-state index is -3.55. The second-order valence-electron chi connectivity index (χ2n) is 8.62. The highest BCUT2D eigenvalue weighted by molar-refractivity contribution is 7.88. The maximum absolute atomic E-state index is 12.8. The summed E-state index contributed by atoms with van der Waals surface area (Å²) >= 11 is 0. The van der Waals surface area contributed by atoms with Gasteiger partial charge in [-0.15, -0.1) is 0 Å². The van der Waals surface area contributed by atoms with Crippen LogP contribution in [0.3, 0.4) is 0 Å². The Morgan fingerprint density at radius 3 is 2.58 bits per heavy atom. The number of pyridine rings is 1. The van der Waals surface area contributed by atoms with E-state index in [4.69, 9.17) is 4.42 Å². The Bertz CT molecular complexity index is 1260. The molecule has 1 amide bonds. The highest BCUT2D eigenvalue weighted by Crippen LogP contribution is 2.44. The fourth-order valence-corrected chi connectivity index (χ4v) is 5.11. The van der Waals surface area contributed by atoms with E-state index in [1.54, 1.807) is 7.05 Å². The van der Waals surface area contributed by atoms with Crippen LogP contribution >= 0.6 is 0 Å². The number of aryl methyl sites for hydroxylation is 1. The lowest BCUT2D eigenvalue weighted by molar-refractivity contribution is 0.0964. The van der Waals surface area contributed by atoms with Gasteiger partial charge < -0.3 is 9.73 Å². The third kappa shape index (κ3) is 5.28. The number of furan rings is 1. The lowest BCUT2D eigenvalue weighted by atomic mass is 10.0. The van der Waals surface area contributed by atoms with Gasteiger partial charge in [0.05, 0.1) is 16.6 Å². The van der Waals surface area contributed by atoms with Gasteiger partial charge in [-0.1, -0.05) is 49.6 Å². The van der Waals surface area contributed by atoms with Crippen LogP contribution < -0.4 is 10.0 Å². The monoisotopic (exact) mass is 468 g/mol. The molecular formula is C25H30N3O4S. The first-order chi connectivity index (χ1) is 15.8. The molecule has 1 aliphatic carbocycles. The molecule has 0 aliphatic heterocycles. The number of carbonyl (C=O) groups excluding carboxylic acids is 1. The Balaban J connectivity index is 1.77. The van der Waals surface area contributed by atoms with Crippen molar-refractivity contribution in [1.82, 2.24) is 15.0 Å². The lowest BCUT2D eigenvalue weighted by Gasteiger charge is -2.10. The number of sulfonamides is 1. The van der Waals surface area contributed by atoms with Gasteiger partial charge in [0.15, 0.2) is 0 Å². The number of hydrogen-bond acceptors (Lipinski definition) is 5. The topological polar surface area (TPSA) is 101 Å². The number of nitrogens with one attached hydrogen (secondary N) is 2. The van der Waals surface area contributed by atoms with Crippen LogP contribution in [0.5, 0.6) is 0 Å². The van der Waals surface area contributed by atoms with E-state index >= 15 is 0 Å². The fourth-order valence-electron chi connectivity index (χ4n) is 3.96. The summed E-state index contributed by atoms with van der Waals surface area (Å²) < 4.78 is 34.2. The number of carbonyl (C=O) groups is 1. The standard InChI is InChI=1S/C25H30N3O4S/c1-4-5-6-13-27-33(30,31)15-21-19(17-11-12-17)14-20-22(24(29)26-3)23(32-25(20)28-21)18-9-7-16(2)8-10-18/h7-10,14,17,27H,1,4-6,11-13,15H2,2-3H3,(H,26,29). The third-order valence-corrected chi connectivity index (χ3v) is 7.20. The molecule has 7 nitrogen and oxygen atoms in total. The van der Waals surface area contributed by atoms with Gasteiger partial charge in [0, 0.05) is 19.2 Å². The van der Waals surface area contributed by atoms with Crippen molar-refractivity contribution in [3.8, 4) is 11.3 Å². The van der Waals surface area contributed by atoms with E-state index in [9.17, 15) is 13.2 Å². The van der Waals surface area contributed by atoms with Crippen molar-refractivity contribution in [2.24, 2.45) is 0 Å². The highest BCUT2D eigenvalue weighted by Gasteiger charge is 2.31. The summed E-state index contributed by atoms with van der Waals surface area (Å²) in [6, 6.07) is 9.62. The first-order valence-corrected chi connectivity index (χ1v) is 13.0. The number of fused-ring (bicyclic) bond motifs is 1. The van der Waals surface area contributed by atoms with Gasteiger partial charge >= 0.3 is 0 Å². The van der Waals surface area contributed by atoms with Crippen molar-refractivity contribution in [3.63, 3.8) is 0 Å². The van der Waals surface area contributed by atoms with Crippen molar-refractivity contribution in [2.75, 3.05) is 13.6 Å². The average molecular weight is 469 g/mol. The minimum absolute atomic E-state index is 0.213. The van der Waals surface area contributed by atoms with Crippen LogP contribution in [0.1, 0.15) is 65.2 Å². The fraction of sp³-hybridized carbons (Fsp3) is 0.400. The zero-order valence-corrected chi connectivity index (χ0v) is 19.9. The van der Waals surface area contributed by atoms with E-state index in [1.807, 2.05) is 37.3 Å². The molecule has 33 heavy (non-hydrogen) atoms. The molecule has 1 radical (unpaired) electrons. The Hall–Kier alpha value is -2.71. The smallest absolute Gasteiger partial charge is 0.255 e. The number of nitrogens with zero attached hydrogens (tertiary/aromatic N) is 1. The zero-order chi connectivity index (χ0) is 23.6. The molecule has 3 aromatic rings. The summed E-state index contributed by atoms with van der Waals surface area (Å²) in [5.74, 6) is 0.216. The summed E-state index contributed by atoms with van der Waals surface area (Å²) in [6.07, 6.45) is 4.36. The Morgan fingerprint density at radius 2 is 1.94 bits per heavy atom. The molecule has 1 fully saturated rings. The second kappa shape index (κ2) is 9.65. The normalized spacial score (nSPS) is 14.0. The SMILES string of the molecule is [CH2]CCCCNS(=O)(=O)Cc1nc2oc(-c3ccc(C)cc3)c(C(=O)NC)c2cc1C1CC1. The van der Waals surface area contributed by atoms with E-state index in [0.29, 0.717) is 28.9 Å². The van der Waals surface area contributed by atoms with E-state index in [0.717, 1.165) is 48.8 Å². The van der Waals surface area contributed by atoms with Gasteiger partial charge in [-0.05, 0) is 43.7 Å². The Kier molecular flexibility index (Phi) is 6.86. The molecular weight excluding hydrogens is 438 g/mol. The summed E-state index contributed by atoms with van der Waals surface area (Å²) in [5.41, 5.74) is 3.93. The van der Waals surface area contributed by atoms with Crippen LogP contribution in [-0.2, 0) is 15.8 Å². The predicted octanol–water partition coefficient (Wildman–Crippen LogP) is 4.46. The molecule has 1 saturated carbocycles. The number of amides is 1.